The first kappa shape index (κ1) is 26.6. The lowest BCUT2D eigenvalue weighted by Gasteiger charge is -2.43. The smallest absolute Gasteiger partial charge is 0.343 e. The van der Waals surface area contributed by atoms with E-state index in [0.717, 1.165) is 0 Å². The third-order valence-corrected chi connectivity index (χ3v) is 6.73. The van der Waals surface area contributed by atoms with Gasteiger partial charge in [0.2, 0.25) is 11.4 Å². The largest absolute Gasteiger partial charge is 0.494 e. The van der Waals surface area contributed by atoms with Gasteiger partial charge in [0.25, 0.3) is 0 Å². The summed E-state index contributed by atoms with van der Waals surface area (Å²) in [5.74, 6) is -2.00. The van der Waals surface area contributed by atoms with Gasteiger partial charge in [-0.05, 0) is 50.1 Å². The number of allylic oxidation sites excluding steroid dienone is 3. The fourth-order valence-electron chi connectivity index (χ4n) is 4.19. The van der Waals surface area contributed by atoms with Gasteiger partial charge < -0.3 is 23.7 Å². The Morgan fingerprint density at radius 2 is 1.80 bits per heavy atom. The van der Waals surface area contributed by atoms with Gasteiger partial charge in [-0.2, -0.15) is 0 Å². The number of ketones is 1. The zero-order valence-electron chi connectivity index (χ0n) is 20.2. The summed E-state index contributed by atoms with van der Waals surface area (Å²) in [6, 6.07) is 0. The Morgan fingerprint density at radius 3 is 2.37 bits per heavy atom. The van der Waals surface area contributed by atoms with E-state index < -0.39 is 35.3 Å². The molecular weight excluding hydrogens is 499 g/mol. The second-order valence-corrected chi connectivity index (χ2v) is 8.95. The van der Waals surface area contributed by atoms with Crippen LogP contribution in [0.25, 0.3) is 0 Å². The molecule has 0 spiro atoms. The molecule has 1 heterocycles. The van der Waals surface area contributed by atoms with E-state index in [1.165, 1.54) is 34.1 Å². The molecule has 1 aliphatic carbocycles. The Labute approximate surface area is 213 Å². The molecule has 2 aliphatic rings. The number of fused-ring (bicyclic) bond motifs is 1. The van der Waals surface area contributed by atoms with Crippen molar-refractivity contribution in [3.63, 3.8) is 0 Å². The highest BCUT2D eigenvalue weighted by Crippen LogP contribution is 2.46. The number of hydrogen-bond acceptors (Lipinski definition) is 8. The van der Waals surface area contributed by atoms with Crippen molar-refractivity contribution in [1.82, 2.24) is 0 Å². The van der Waals surface area contributed by atoms with Gasteiger partial charge in [0, 0.05) is 6.92 Å². The van der Waals surface area contributed by atoms with Crippen molar-refractivity contribution >= 4 is 40.9 Å². The number of carbonyl (C=O) groups excluding carboxylic acids is 3. The minimum atomic E-state index is -1.86. The number of hydrogen-bond donors (Lipinski definition) is 0. The number of carbonyl (C=O) groups is 3. The molecule has 0 N–H and O–H groups in total. The quantitative estimate of drug-likeness (QED) is 0.490. The van der Waals surface area contributed by atoms with Crippen molar-refractivity contribution < 1.29 is 38.1 Å². The summed E-state index contributed by atoms with van der Waals surface area (Å²) < 4.78 is 27.7. The summed E-state index contributed by atoms with van der Waals surface area (Å²) in [5.41, 5.74) is -1.05. The minimum absolute atomic E-state index is 0.0255. The van der Waals surface area contributed by atoms with E-state index in [9.17, 15) is 14.4 Å². The number of ether oxygens (including phenoxy) is 5. The Hall–Kier alpha value is -2.97. The standard InChI is InChI=1S/C25H26Cl2O8/c1-7-8-15-9-14-10-17(29)25(4,23(34-13(3)28)16(14)11-33-15)35-24(30)18-12(2)19(26)22(32-6)20(27)21(18)31-5/h7-10,16,23H,11H2,1-6H3. The number of esters is 2. The van der Waals surface area contributed by atoms with Crippen molar-refractivity contribution in [3.8, 4) is 11.5 Å². The molecule has 0 amide bonds. The van der Waals surface area contributed by atoms with E-state index in [4.69, 9.17) is 46.9 Å². The molecule has 10 heteroatoms. The van der Waals surface area contributed by atoms with Gasteiger partial charge >= 0.3 is 11.9 Å². The summed E-state index contributed by atoms with van der Waals surface area (Å²) in [5, 5.41) is 0.0603. The van der Waals surface area contributed by atoms with Crippen LogP contribution in [-0.2, 0) is 23.8 Å². The SMILES string of the molecule is CC=CC1=CC2=CC(=O)C(C)(OC(=O)c3c(C)c(Cl)c(OC)c(Cl)c3OC)C(OC(C)=O)C2CO1. The predicted octanol–water partition coefficient (Wildman–Crippen LogP) is 4.78. The molecule has 0 radical (unpaired) electrons. The van der Waals surface area contributed by atoms with Gasteiger partial charge in [-0.25, -0.2) is 4.79 Å². The molecule has 0 aromatic heterocycles. The summed E-state index contributed by atoms with van der Waals surface area (Å²) in [6.07, 6.45) is 5.48. The fraction of sp³-hybridized carbons (Fsp3) is 0.400. The van der Waals surface area contributed by atoms with E-state index >= 15 is 0 Å². The molecule has 1 aromatic rings. The van der Waals surface area contributed by atoms with Crippen LogP contribution in [0.1, 0.15) is 36.7 Å². The van der Waals surface area contributed by atoms with Crippen LogP contribution in [0.4, 0.5) is 0 Å². The summed E-state index contributed by atoms with van der Waals surface area (Å²) in [6.45, 7) is 6.13. The second kappa shape index (κ2) is 10.3. The summed E-state index contributed by atoms with van der Waals surface area (Å²) in [4.78, 5) is 38.8. The monoisotopic (exact) mass is 524 g/mol. The topological polar surface area (TPSA) is 97.4 Å². The highest BCUT2D eigenvalue weighted by atomic mass is 35.5. The molecule has 35 heavy (non-hydrogen) atoms. The van der Waals surface area contributed by atoms with Crippen LogP contribution in [0.5, 0.6) is 11.5 Å². The Kier molecular flexibility index (Phi) is 7.87. The lowest BCUT2D eigenvalue weighted by Crippen LogP contribution is -2.58. The molecule has 0 fully saturated rings. The van der Waals surface area contributed by atoms with E-state index in [1.807, 2.05) is 6.92 Å². The zero-order valence-corrected chi connectivity index (χ0v) is 21.7. The van der Waals surface area contributed by atoms with E-state index in [-0.39, 0.29) is 39.3 Å². The molecule has 8 nitrogen and oxygen atoms in total. The van der Waals surface area contributed by atoms with E-state index in [2.05, 4.69) is 0 Å². The van der Waals surface area contributed by atoms with Gasteiger partial charge in [-0.3, -0.25) is 9.59 Å². The predicted molar refractivity (Wildman–Crippen MR) is 129 cm³/mol. The van der Waals surface area contributed by atoms with Crippen LogP contribution in [-0.4, -0.2) is 50.3 Å². The average Bonchev–Trinajstić information content (AvgIpc) is 2.79. The maximum Gasteiger partial charge on any atom is 0.343 e. The molecule has 1 aliphatic heterocycles. The van der Waals surface area contributed by atoms with Crippen LogP contribution >= 0.6 is 23.2 Å². The molecule has 0 saturated heterocycles. The van der Waals surface area contributed by atoms with Crippen LogP contribution < -0.4 is 9.47 Å². The van der Waals surface area contributed by atoms with E-state index in [1.54, 1.807) is 25.2 Å². The van der Waals surface area contributed by atoms with Crippen molar-refractivity contribution in [1.29, 1.82) is 0 Å². The highest BCUT2D eigenvalue weighted by Gasteiger charge is 2.55. The highest BCUT2D eigenvalue weighted by molar-refractivity contribution is 6.39. The van der Waals surface area contributed by atoms with Crippen LogP contribution in [0.2, 0.25) is 10.0 Å². The zero-order chi connectivity index (χ0) is 26.1. The summed E-state index contributed by atoms with van der Waals surface area (Å²) >= 11 is 12.7. The number of halogens is 2. The van der Waals surface area contributed by atoms with Crippen molar-refractivity contribution in [2.45, 2.75) is 39.4 Å². The van der Waals surface area contributed by atoms with Gasteiger partial charge in [0.05, 0.1) is 31.8 Å². The van der Waals surface area contributed by atoms with Gasteiger partial charge in [0.1, 0.15) is 16.3 Å². The van der Waals surface area contributed by atoms with Crippen molar-refractivity contribution in [2.75, 3.05) is 20.8 Å². The Bertz CT molecular complexity index is 1170. The third-order valence-electron chi connectivity index (χ3n) is 5.93. The maximum atomic E-state index is 13.5. The molecular formula is C25H26Cl2O8. The third kappa shape index (κ3) is 4.77. The van der Waals surface area contributed by atoms with Crippen LogP contribution in [0, 0.1) is 12.8 Å². The van der Waals surface area contributed by atoms with Gasteiger partial charge in [-0.1, -0.05) is 29.3 Å². The average molecular weight is 525 g/mol. The van der Waals surface area contributed by atoms with Crippen molar-refractivity contribution in [2.24, 2.45) is 5.92 Å². The van der Waals surface area contributed by atoms with Crippen LogP contribution in [0.3, 0.4) is 0 Å². The molecule has 188 valence electrons. The fourth-order valence-corrected chi connectivity index (χ4v) is 4.84. The Balaban J connectivity index is 2.10. The van der Waals surface area contributed by atoms with E-state index in [0.29, 0.717) is 11.3 Å². The lowest BCUT2D eigenvalue weighted by atomic mass is 9.74. The molecule has 1 aromatic carbocycles. The maximum absolute atomic E-state index is 13.5. The summed E-state index contributed by atoms with van der Waals surface area (Å²) in [7, 11) is 2.70. The number of rotatable bonds is 6. The molecule has 0 bridgehead atoms. The number of benzene rings is 1. The van der Waals surface area contributed by atoms with Gasteiger partial charge in [-0.15, -0.1) is 0 Å². The lowest BCUT2D eigenvalue weighted by molar-refractivity contribution is -0.175. The number of methoxy groups -OCH3 is 2. The van der Waals surface area contributed by atoms with Crippen LogP contribution in [0.15, 0.2) is 35.6 Å². The van der Waals surface area contributed by atoms with Gasteiger partial charge in [0.15, 0.2) is 17.6 Å². The first-order valence-electron chi connectivity index (χ1n) is 10.7. The first-order valence-corrected chi connectivity index (χ1v) is 11.5. The molecule has 3 unspecified atom stereocenters. The normalized spacial score (nSPS) is 23.6. The Morgan fingerprint density at radius 1 is 1.14 bits per heavy atom. The molecule has 0 saturated carbocycles. The molecule has 3 atom stereocenters. The second-order valence-electron chi connectivity index (χ2n) is 8.19. The first-order chi connectivity index (χ1) is 16.5. The molecule has 3 rings (SSSR count). The minimum Gasteiger partial charge on any atom is -0.494 e. The van der Waals surface area contributed by atoms with Crippen molar-refractivity contribution in [3.05, 3.63) is 56.8 Å².